The van der Waals surface area contributed by atoms with Crippen LogP contribution < -0.4 is 4.74 Å². The average molecular weight is 438 g/mol. The third kappa shape index (κ3) is 4.44. The lowest BCUT2D eigenvalue weighted by Gasteiger charge is -2.28. The Morgan fingerprint density at radius 2 is 1.88 bits per heavy atom. The molecular weight excluding hydrogens is 412 g/mol. The number of benzene rings is 1. The van der Waals surface area contributed by atoms with Crippen LogP contribution in [0, 0.1) is 13.8 Å². The number of hydrogen-bond acceptors (Lipinski definition) is 6. The third-order valence-corrected chi connectivity index (χ3v) is 5.40. The molecule has 1 N–H and O–H groups in total. The van der Waals surface area contributed by atoms with E-state index in [0.29, 0.717) is 33.9 Å². The summed E-state index contributed by atoms with van der Waals surface area (Å²) in [6, 6.07) is 9.37. The second-order valence-electron chi connectivity index (χ2n) is 7.40. The zero-order chi connectivity index (χ0) is 23.4. The number of H-pyrrole nitrogens is 1. The Labute approximate surface area is 186 Å². The Hall–Kier alpha value is -3.81. The van der Waals surface area contributed by atoms with E-state index in [-0.39, 0.29) is 23.9 Å². The molecule has 1 atom stereocenters. The third-order valence-electron chi connectivity index (χ3n) is 5.40. The summed E-state index contributed by atoms with van der Waals surface area (Å²) in [5, 5.41) is 0. The van der Waals surface area contributed by atoms with Crippen LogP contribution in [-0.2, 0) is 11.3 Å². The lowest BCUT2D eigenvalue weighted by Crippen LogP contribution is -2.43. The molecule has 2 heterocycles. The van der Waals surface area contributed by atoms with Crippen molar-refractivity contribution in [2.45, 2.75) is 33.4 Å². The number of aromatic nitrogens is 1. The fraction of sp³-hybridized carbons (Fsp3) is 0.292. The first kappa shape index (κ1) is 22.9. The van der Waals surface area contributed by atoms with Gasteiger partial charge in [0.1, 0.15) is 17.2 Å². The summed E-state index contributed by atoms with van der Waals surface area (Å²) >= 11 is 0. The molecule has 0 spiro atoms. The Bertz CT molecular complexity index is 1130. The molecule has 8 nitrogen and oxygen atoms in total. The molecule has 0 saturated carbocycles. The summed E-state index contributed by atoms with van der Waals surface area (Å²) in [4.78, 5) is 43.4. The number of furan rings is 1. The maximum Gasteiger partial charge on any atom is 0.354 e. The van der Waals surface area contributed by atoms with Crippen LogP contribution in [-0.4, -0.2) is 47.8 Å². The fourth-order valence-corrected chi connectivity index (χ4v) is 3.65. The van der Waals surface area contributed by atoms with Gasteiger partial charge in [-0.1, -0.05) is 6.07 Å². The number of carbonyl (C=O) groups is 3. The van der Waals surface area contributed by atoms with Crippen molar-refractivity contribution < 1.29 is 28.3 Å². The molecule has 0 bridgehead atoms. The first-order valence-corrected chi connectivity index (χ1v) is 10.1. The minimum Gasteiger partial charge on any atom is -0.497 e. The van der Waals surface area contributed by atoms with Crippen molar-refractivity contribution in [2.75, 3.05) is 14.2 Å². The Morgan fingerprint density at radius 1 is 1.12 bits per heavy atom. The molecule has 0 unspecified atom stereocenters. The number of hydrogen-bond donors (Lipinski definition) is 1. The number of amides is 1. The van der Waals surface area contributed by atoms with E-state index in [4.69, 9.17) is 13.9 Å². The summed E-state index contributed by atoms with van der Waals surface area (Å²) in [5.74, 6) is -0.127. The summed E-state index contributed by atoms with van der Waals surface area (Å²) in [5.41, 5.74) is 1.98. The zero-order valence-electron chi connectivity index (χ0n) is 18.7. The van der Waals surface area contributed by atoms with E-state index in [2.05, 4.69) is 4.98 Å². The van der Waals surface area contributed by atoms with Crippen molar-refractivity contribution in [3.63, 3.8) is 0 Å². The molecule has 0 aliphatic heterocycles. The van der Waals surface area contributed by atoms with E-state index in [1.807, 2.05) is 0 Å². The van der Waals surface area contributed by atoms with Crippen LogP contribution in [0.1, 0.15) is 55.1 Å². The van der Waals surface area contributed by atoms with Crippen LogP contribution in [0.5, 0.6) is 5.75 Å². The van der Waals surface area contributed by atoms with Crippen LogP contribution in [0.2, 0.25) is 0 Å². The molecule has 0 saturated heterocycles. The lowest BCUT2D eigenvalue weighted by molar-refractivity contribution is 0.0590. The van der Waals surface area contributed by atoms with E-state index in [1.54, 1.807) is 57.2 Å². The van der Waals surface area contributed by atoms with E-state index in [9.17, 15) is 14.4 Å². The minimum atomic E-state index is -0.836. The van der Waals surface area contributed by atoms with Gasteiger partial charge in [-0.15, -0.1) is 0 Å². The van der Waals surface area contributed by atoms with Gasteiger partial charge in [0, 0.05) is 16.8 Å². The Kier molecular flexibility index (Phi) is 6.82. The highest BCUT2D eigenvalue weighted by Crippen LogP contribution is 2.24. The molecule has 0 radical (unpaired) electrons. The molecule has 32 heavy (non-hydrogen) atoms. The molecule has 8 heteroatoms. The fourth-order valence-electron chi connectivity index (χ4n) is 3.65. The zero-order valence-corrected chi connectivity index (χ0v) is 18.7. The number of nitrogens with one attached hydrogen (secondary N) is 1. The van der Waals surface area contributed by atoms with Gasteiger partial charge in [-0.05, 0) is 56.7 Å². The number of Topliss-reactive ketones (excluding diaryl/α,β-unsaturated/α-hetero) is 1. The van der Waals surface area contributed by atoms with Crippen LogP contribution in [0.15, 0.2) is 47.1 Å². The van der Waals surface area contributed by atoms with Gasteiger partial charge in [0.2, 0.25) is 0 Å². The standard InChI is InChI=1S/C24H26N2O6/c1-14-20(15(2)25-21(14)24(29)31-5)22(27)16(3)26(13-19-10-7-11-32-19)23(28)17-8-6-9-18(12-17)30-4/h6-12,16,25H,13H2,1-5H3/t16-/m0/s1. The van der Waals surface area contributed by atoms with E-state index in [1.165, 1.54) is 25.4 Å². The van der Waals surface area contributed by atoms with Crippen molar-refractivity contribution in [1.82, 2.24) is 9.88 Å². The second kappa shape index (κ2) is 9.55. The van der Waals surface area contributed by atoms with E-state index < -0.39 is 12.0 Å². The number of ether oxygens (including phenoxy) is 2. The van der Waals surface area contributed by atoms with Gasteiger partial charge in [-0.3, -0.25) is 9.59 Å². The molecule has 168 valence electrons. The SMILES string of the molecule is COC(=O)c1[nH]c(C)c(C(=O)[C@H](C)N(Cc2ccco2)C(=O)c2cccc(OC)c2)c1C. The Morgan fingerprint density at radius 3 is 2.50 bits per heavy atom. The highest BCUT2D eigenvalue weighted by molar-refractivity contribution is 6.07. The quantitative estimate of drug-likeness (QED) is 0.422. The number of ketones is 1. The molecule has 1 amide bonds. The molecule has 3 aromatic rings. The number of aromatic amines is 1. The second-order valence-corrected chi connectivity index (χ2v) is 7.40. The lowest BCUT2D eigenvalue weighted by atomic mass is 9.99. The summed E-state index contributed by atoms with van der Waals surface area (Å²) in [6.45, 7) is 5.14. The predicted molar refractivity (Wildman–Crippen MR) is 117 cm³/mol. The van der Waals surface area contributed by atoms with Crippen molar-refractivity contribution in [3.8, 4) is 5.75 Å². The van der Waals surface area contributed by atoms with Crippen molar-refractivity contribution in [1.29, 1.82) is 0 Å². The highest BCUT2D eigenvalue weighted by Gasteiger charge is 2.32. The van der Waals surface area contributed by atoms with Gasteiger partial charge >= 0.3 is 5.97 Å². The normalized spacial score (nSPS) is 11.7. The van der Waals surface area contributed by atoms with Gasteiger partial charge < -0.3 is 23.8 Å². The van der Waals surface area contributed by atoms with Gasteiger partial charge in [-0.25, -0.2) is 4.79 Å². The van der Waals surface area contributed by atoms with Gasteiger partial charge in [-0.2, -0.15) is 0 Å². The average Bonchev–Trinajstić information content (AvgIpc) is 3.42. The topological polar surface area (TPSA) is 102 Å². The summed E-state index contributed by atoms with van der Waals surface area (Å²) < 4.78 is 15.5. The monoisotopic (exact) mass is 438 g/mol. The van der Waals surface area contributed by atoms with Gasteiger partial charge in [0.05, 0.1) is 33.1 Å². The van der Waals surface area contributed by atoms with Gasteiger partial charge in [0.15, 0.2) is 5.78 Å². The van der Waals surface area contributed by atoms with E-state index in [0.717, 1.165) is 0 Å². The number of methoxy groups -OCH3 is 2. The Balaban J connectivity index is 1.99. The smallest absolute Gasteiger partial charge is 0.354 e. The molecule has 3 rings (SSSR count). The number of carbonyl (C=O) groups excluding carboxylic acids is 3. The predicted octanol–water partition coefficient (Wildman–Crippen LogP) is 3.93. The largest absolute Gasteiger partial charge is 0.497 e. The van der Waals surface area contributed by atoms with Crippen LogP contribution in [0.4, 0.5) is 0 Å². The number of rotatable bonds is 8. The minimum absolute atomic E-state index is 0.0995. The number of aryl methyl sites for hydroxylation is 1. The molecule has 0 aliphatic carbocycles. The van der Waals surface area contributed by atoms with Crippen LogP contribution in [0.3, 0.4) is 0 Å². The maximum atomic E-state index is 13.5. The van der Waals surface area contributed by atoms with Crippen LogP contribution >= 0.6 is 0 Å². The number of esters is 1. The highest BCUT2D eigenvalue weighted by atomic mass is 16.5. The molecule has 1 aromatic carbocycles. The first-order chi connectivity index (χ1) is 15.3. The van der Waals surface area contributed by atoms with Crippen LogP contribution in [0.25, 0.3) is 0 Å². The molecule has 0 aliphatic rings. The molecule has 0 fully saturated rings. The van der Waals surface area contributed by atoms with Crippen molar-refractivity contribution in [2.24, 2.45) is 0 Å². The molecular formula is C24H26N2O6. The summed E-state index contributed by atoms with van der Waals surface area (Å²) in [6.07, 6.45) is 1.51. The maximum absolute atomic E-state index is 13.5. The van der Waals surface area contributed by atoms with Gasteiger partial charge in [0.25, 0.3) is 5.91 Å². The first-order valence-electron chi connectivity index (χ1n) is 10.1. The summed E-state index contributed by atoms with van der Waals surface area (Å²) in [7, 11) is 2.80. The van der Waals surface area contributed by atoms with Crippen molar-refractivity contribution in [3.05, 3.63) is 76.5 Å². The van der Waals surface area contributed by atoms with Crippen molar-refractivity contribution >= 4 is 17.7 Å². The number of nitrogens with zero attached hydrogens (tertiary/aromatic N) is 1. The molecule has 2 aromatic heterocycles. The van der Waals surface area contributed by atoms with E-state index >= 15 is 0 Å².